The van der Waals surface area contributed by atoms with Gasteiger partial charge in [-0.05, 0) is 39.2 Å². The lowest BCUT2D eigenvalue weighted by Gasteiger charge is -2.33. The first kappa shape index (κ1) is 19.5. The largest absolute Gasteiger partial charge is 0.444 e. The van der Waals surface area contributed by atoms with Gasteiger partial charge in [-0.15, -0.1) is 0 Å². The van der Waals surface area contributed by atoms with Crippen molar-refractivity contribution >= 4 is 23.4 Å². The van der Waals surface area contributed by atoms with Crippen molar-refractivity contribution in [1.29, 1.82) is 0 Å². The van der Waals surface area contributed by atoms with Crippen molar-refractivity contribution in [2.45, 2.75) is 51.8 Å². The number of alkyl carbamates (subject to hydrolysis) is 1. The summed E-state index contributed by atoms with van der Waals surface area (Å²) in [5, 5.41) is 14.1. The Morgan fingerprint density at radius 2 is 2.04 bits per heavy atom. The van der Waals surface area contributed by atoms with Crippen LogP contribution in [0, 0.1) is 10.1 Å². The number of piperidine rings is 1. The molecule has 25 heavy (non-hydrogen) atoms. The van der Waals surface area contributed by atoms with Crippen molar-refractivity contribution in [3.8, 4) is 0 Å². The molecule has 0 spiro atoms. The number of amides is 1. The number of hydrogen-bond acceptors (Lipinski definition) is 5. The Labute approximate surface area is 152 Å². The third kappa shape index (κ3) is 5.86. The van der Waals surface area contributed by atoms with Crippen LogP contribution in [-0.4, -0.2) is 40.6 Å². The summed E-state index contributed by atoms with van der Waals surface area (Å²) in [6, 6.07) is 4.94. The molecule has 0 aromatic heterocycles. The van der Waals surface area contributed by atoms with Gasteiger partial charge >= 0.3 is 6.09 Å². The lowest BCUT2D eigenvalue weighted by molar-refractivity contribution is -0.384. The van der Waals surface area contributed by atoms with Gasteiger partial charge in [0.15, 0.2) is 0 Å². The molecule has 1 amide bonds. The van der Waals surface area contributed by atoms with Gasteiger partial charge in [-0.3, -0.25) is 15.0 Å². The number of carbonyl (C=O) groups is 1. The van der Waals surface area contributed by atoms with Gasteiger partial charge < -0.3 is 10.1 Å². The second-order valence-corrected chi connectivity index (χ2v) is 7.58. The van der Waals surface area contributed by atoms with Crippen molar-refractivity contribution < 1.29 is 14.5 Å². The SMILES string of the molecule is CC(C)(C)OC(=O)NC1CCN(Cc2cccc([N+](=O)[O-])c2Cl)CC1. The lowest BCUT2D eigenvalue weighted by Crippen LogP contribution is -2.45. The maximum atomic E-state index is 11.8. The molecular weight excluding hydrogens is 346 g/mol. The predicted octanol–water partition coefficient (Wildman–Crippen LogP) is 3.74. The van der Waals surface area contributed by atoms with Crippen LogP contribution in [-0.2, 0) is 11.3 Å². The van der Waals surface area contributed by atoms with Crippen LogP contribution in [0.15, 0.2) is 18.2 Å². The van der Waals surface area contributed by atoms with Crippen LogP contribution in [0.3, 0.4) is 0 Å². The van der Waals surface area contributed by atoms with E-state index in [0.717, 1.165) is 31.5 Å². The van der Waals surface area contributed by atoms with Crippen molar-refractivity contribution in [2.75, 3.05) is 13.1 Å². The van der Waals surface area contributed by atoms with Crippen LogP contribution in [0.25, 0.3) is 0 Å². The molecule has 0 radical (unpaired) electrons. The highest BCUT2D eigenvalue weighted by molar-refractivity contribution is 6.33. The summed E-state index contributed by atoms with van der Waals surface area (Å²) in [6.07, 6.45) is 1.20. The second kappa shape index (κ2) is 8.01. The van der Waals surface area contributed by atoms with Gasteiger partial charge in [0, 0.05) is 31.7 Å². The minimum atomic E-state index is -0.510. The highest BCUT2D eigenvalue weighted by atomic mass is 35.5. The number of halogens is 1. The molecule has 0 saturated carbocycles. The number of nitro groups is 1. The average molecular weight is 370 g/mol. The summed E-state index contributed by atoms with van der Waals surface area (Å²) in [4.78, 5) is 24.5. The van der Waals surface area contributed by atoms with Crippen LogP contribution < -0.4 is 5.32 Å². The third-order valence-electron chi connectivity index (χ3n) is 3.96. The molecule has 1 aliphatic heterocycles. The second-order valence-electron chi connectivity index (χ2n) is 7.20. The van der Waals surface area contributed by atoms with E-state index in [-0.39, 0.29) is 16.8 Å². The van der Waals surface area contributed by atoms with Gasteiger partial charge in [0.2, 0.25) is 0 Å². The van der Waals surface area contributed by atoms with E-state index < -0.39 is 16.6 Å². The van der Waals surface area contributed by atoms with Crippen LogP contribution in [0.2, 0.25) is 5.02 Å². The monoisotopic (exact) mass is 369 g/mol. The molecule has 1 saturated heterocycles. The van der Waals surface area contributed by atoms with Gasteiger partial charge in [-0.25, -0.2) is 4.79 Å². The number of ether oxygens (including phenoxy) is 1. The molecule has 0 atom stereocenters. The lowest BCUT2D eigenvalue weighted by atomic mass is 10.0. The number of likely N-dealkylation sites (tertiary alicyclic amines) is 1. The summed E-state index contributed by atoms with van der Waals surface area (Å²) < 4.78 is 5.27. The Morgan fingerprint density at radius 3 is 2.60 bits per heavy atom. The Kier molecular flexibility index (Phi) is 6.24. The first-order valence-electron chi connectivity index (χ1n) is 8.29. The first-order chi connectivity index (χ1) is 11.7. The number of carbonyl (C=O) groups excluding carboxylic acids is 1. The Morgan fingerprint density at radius 1 is 1.40 bits per heavy atom. The molecule has 1 heterocycles. The van der Waals surface area contributed by atoms with Crippen molar-refractivity contribution in [1.82, 2.24) is 10.2 Å². The molecule has 0 unspecified atom stereocenters. The fourth-order valence-corrected chi connectivity index (χ4v) is 3.03. The molecule has 138 valence electrons. The molecule has 1 aromatic rings. The number of nitrogens with zero attached hydrogens (tertiary/aromatic N) is 2. The number of benzene rings is 1. The Bertz CT molecular complexity index is 637. The maximum absolute atomic E-state index is 11.8. The fourth-order valence-electron chi connectivity index (χ4n) is 2.78. The number of hydrogen-bond donors (Lipinski definition) is 1. The predicted molar refractivity (Wildman–Crippen MR) is 95.8 cm³/mol. The molecular formula is C17H24ClN3O4. The molecule has 1 N–H and O–H groups in total. The van der Waals surface area contributed by atoms with E-state index in [1.54, 1.807) is 12.1 Å². The molecule has 7 nitrogen and oxygen atoms in total. The van der Waals surface area contributed by atoms with E-state index in [1.807, 2.05) is 20.8 Å². The van der Waals surface area contributed by atoms with Crippen LogP contribution >= 0.6 is 11.6 Å². The zero-order chi connectivity index (χ0) is 18.6. The molecule has 8 heteroatoms. The van der Waals surface area contributed by atoms with Crippen LogP contribution in [0.1, 0.15) is 39.2 Å². The smallest absolute Gasteiger partial charge is 0.407 e. The molecule has 0 aliphatic carbocycles. The molecule has 1 aliphatic rings. The van der Waals surface area contributed by atoms with Crippen LogP contribution in [0.4, 0.5) is 10.5 Å². The zero-order valence-electron chi connectivity index (χ0n) is 14.8. The van der Waals surface area contributed by atoms with E-state index in [1.165, 1.54) is 6.07 Å². The molecule has 2 rings (SSSR count). The Balaban J connectivity index is 1.86. The Hall–Kier alpha value is -1.86. The van der Waals surface area contributed by atoms with Crippen molar-refractivity contribution in [3.05, 3.63) is 38.9 Å². The summed E-state index contributed by atoms with van der Waals surface area (Å²) in [5.41, 5.74) is 0.166. The van der Waals surface area contributed by atoms with E-state index in [2.05, 4.69) is 10.2 Å². The van der Waals surface area contributed by atoms with E-state index >= 15 is 0 Å². The van der Waals surface area contributed by atoms with Gasteiger partial charge in [0.1, 0.15) is 10.6 Å². The number of nitro benzene ring substituents is 1. The molecule has 0 bridgehead atoms. The topological polar surface area (TPSA) is 84.7 Å². The average Bonchev–Trinajstić information content (AvgIpc) is 2.49. The van der Waals surface area contributed by atoms with Gasteiger partial charge in [-0.2, -0.15) is 0 Å². The van der Waals surface area contributed by atoms with Crippen molar-refractivity contribution in [3.63, 3.8) is 0 Å². The molecule has 1 aromatic carbocycles. The van der Waals surface area contributed by atoms with E-state index in [4.69, 9.17) is 16.3 Å². The summed E-state index contributed by atoms with van der Waals surface area (Å²) >= 11 is 6.14. The van der Waals surface area contributed by atoms with E-state index in [9.17, 15) is 14.9 Å². The van der Waals surface area contributed by atoms with E-state index in [0.29, 0.717) is 6.54 Å². The van der Waals surface area contributed by atoms with Gasteiger partial charge in [0.05, 0.1) is 4.92 Å². The minimum absolute atomic E-state index is 0.0688. The highest BCUT2D eigenvalue weighted by Gasteiger charge is 2.24. The first-order valence-corrected chi connectivity index (χ1v) is 8.67. The normalized spacial score (nSPS) is 16.5. The summed E-state index contributed by atoms with van der Waals surface area (Å²) in [7, 11) is 0. The quantitative estimate of drug-likeness (QED) is 0.645. The van der Waals surface area contributed by atoms with Gasteiger partial charge in [-0.1, -0.05) is 23.7 Å². The fraction of sp³-hybridized carbons (Fsp3) is 0.588. The third-order valence-corrected chi connectivity index (χ3v) is 4.39. The van der Waals surface area contributed by atoms with Crippen molar-refractivity contribution in [2.24, 2.45) is 0 Å². The maximum Gasteiger partial charge on any atom is 0.407 e. The standard InChI is InChI=1S/C17H24ClN3O4/c1-17(2,3)25-16(22)19-13-7-9-20(10-8-13)11-12-5-4-6-14(15(12)18)21(23)24/h4-6,13H,7-11H2,1-3H3,(H,19,22). The summed E-state index contributed by atoms with van der Waals surface area (Å²) in [6.45, 7) is 7.60. The van der Waals surface area contributed by atoms with Crippen LogP contribution in [0.5, 0.6) is 0 Å². The summed E-state index contributed by atoms with van der Waals surface area (Å²) in [5.74, 6) is 0. The molecule has 1 fully saturated rings. The zero-order valence-corrected chi connectivity index (χ0v) is 15.5. The highest BCUT2D eigenvalue weighted by Crippen LogP contribution is 2.29. The van der Waals surface area contributed by atoms with Gasteiger partial charge in [0.25, 0.3) is 5.69 Å². The number of rotatable bonds is 4. The minimum Gasteiger partial charge on any atom is -0.444 e. The number of nitrogens with one attached hydrogen (secondary N) is 1.